The molecular weight excluding hydrogens is 272 g/mol. The fraction of sp³-hybridized carbons (Fsp3) is 0.143. The predicted octanol–water partition coefficient (Wildman–Crippen LogP) is 3.31. The highest BCUT2D eigenvalue weighted by atomic mass is 16.6. The Bertz CT molecular complexity index is 832. The van der Waals surface area contributed by atoms with E-state index in [1.165, 1.54) is 18.3 Å². The number of hydrogen-bond acceptors (Lipinski definition) is 5. The first kappa shape index (κ1) is 13.0. The van der Waals surface area contributed by atoms with Gasteiger partial charge in [0.1, 0.15) is 4.92 Å². The number of para-hydroxylation sites is 2. The summed E-state index contributed by atoms with van der Waals surface area (Å²) in [4.78, 5) is 18.7. The number of aryl methyl sites for hydroxylation is 1. The molecule has 0 spiro atoms. The van der Waals surface area contributed by atoms with Crippen LogP contribution in [-0.2, 0) is 6.54 Å². The maximum atomic E-state index is 10.6. The van der Waals surface area contributed by atoms with E-state index in [1.54, 1.807) is 0 Å². The van der Waals surface area contributed by atoms with E-state index in [4.69, 9.17) is 4.42 Å². The summed E-state index contributed by atoms with van der Waals surface area (Å²) in [7, 11) is 0. The van der Waals surface area contributed by atoms with Crippen molar-refractivity contribution >= 4 is 29.1 Å². The summed E-state index contributed by atoms with van der Waals surface area (Å²) in [5.41, 5.74) is 1.86. The second-order valence-corrected chi connectivity index (χ2v) is 4.34. The van der Waals surface area contributed by atoms with Crippen LogP contribution in [0.3, 0.4) is 0 Å². The zero-order valence-electron chi connectivity index (χ0n) is 11.3. The first-order valence-electron chi connectivity index (χ1n) is 6.42. The molecule has 2 heterocycles. The number of fused-ring (bicyclic) bond motifs is 1. The van der Waals surface area contributed by atoms with Gasteiger partial charge in [0.05, 0.1) is 23.3 Å². The molecule has 0 unspecified atom stereocenters. The second-order valence-electron chi connectivity index (χ2n) is 4.34. The largest absolute Gasteiger partial charge is 0.433 e. The molecule has 0 aliphatic heterocycles. The van der Waals surface area contributed by atoms with Crippen LogP contribution in [0.15, 0.2) is 45.8 Å². The van der Waals surface area contributed by atoms with E-state index in [0.717, 1.165) is 17.6 Å². The Balaban J connectivity index is 1.96. The van der Waals surface area contributed by atoms with E-state index in [-0.39, 0.29) is 5.88 Å². The molecule has 0 saturated carbocycles. The molecule has 0 saturated heterocycles. The normalized spacial score (nSPS) is 11.5. The lowest BCUT2D eigenvalue weighted by Gasteiger charge is -2.00. The molecule has 2 aromatic heterocycles. The molecule has 3 rings (SSSR count). The van der Waals surface area contributed by atoms with Gasteiger partial charge in [0, 0.05) is 6.54 Å². The lowest BCUT2D eigenvalue weighted by molar-refractivity contribution is -0.402. The van der Waals surface area contributed by atoms with Crippen LogP contribution in [0.5, 0.6) is 0 Å². The molecule has 7 heteroatoms. The predicted molar refractivity (Wildman–Crippen MR) is 78.0 cm³/mol. The highest BCUT2D eigenvalue weighted by Gasteiger charge is 2.11. The summed E-state index contributed by atoms with van der Waals surface area (Å²) in [6, 6.07) is 10.5. The number of benzene rings is 1. The van der Waals surface area contributed by atoms with E-state index >= 15 is 0 Å². The Morgan fingerprint density at radius 3 is 2.90 bits per heavy atom. The van der Waals surface area contributed by atoms with Gasteiger partial charge in [-0.15, -0.1) is 0 Å². The average Bonchev–Trinajstić information content (AvgIpc) is 3.09. The zero-order chi connectivity index (χ0) is 14.8. The summed E-state index contributed by atoms with van der Waals surface area (Å²) in [6.07, 6.45) is 1.43. The van der Waals surface area contributed by atoms with Crippen LogP contribution in [0.1, 0.15) is 12.7 Å². The Labute approximate surface area is 119 Å². The van der Waals surface area contributed by atoms with Gasteiger partial charge in [0.15, 0.2) is 5.76 Å². The fourth-order valence-corrected chi connectivity index (χ4v) is 2.10. The first-order valence-corrected chi connectivity index (χ1v) is 6.42. The zero-order valence-corrected chi connectivity index (χ0v) is 11.3. The Morgan fingerprint density at radius 2 is 2.19 bits per heavy atom. The van der Waals surface area contributed by atoms with Crippen molar-refractivity contribution in [1.82, 2.24) is 9.55 Å². The molecule has 0 aliphatic carbocycles. The first-order chi connectivity index (χ1) is 10.2. The van der Waals surface area contributed by atoms with Gasteiger partial charge in [0.25, 0.3) is 0 Å². The maximum Gasteiger partial charge on any atom is 0.433 e. The third-order valence-corrected chi connectivity index (χ3v) is 3.05. The van der Waals surface area contributed by atoms with E-state index in [2.05, 4.69) is 9.98 Å². The fourth-order valence-electron chi connectivity index (χ4n) is 2.10. The van der Waals surface area contributed by atoms with Crippen molar-refractivity contribution in [3.63, 3.8) is 0 Å². The quantitative estimate of drug-likeness (QED) is 0.418. The minimum Gasteiger partial charge on any atom is -0.400 e. The van der Waals surface area contributed by atoms with E-state index in [0.29, 0.717) is 11.7 Å². The molecule has 106 valence electrons. The van der Waals surface area contributed by atoms with Gasteiger partial charge >= 0.3 is 5.88 Å². The molecule has 0 N–H and O–H groups in total. The number of nitrogens with zero attached hydrogens (tertiary/aromatic N) is 4. The van der Waals surface area contributed by atoms with Gasteiger partial charge in [-0.05, 0) is 25.1 Å². The number of rotatable bonds is 4. The monoisotopic (exact) mass is 284 g/mol. The molecule has 1 aromatic carbocycles. The topological polar surface area (TPSA) is 86.5 Å². The minimum absolute atomic E-state index is 0.305. The molecule has 0 aliphatic rings. The minimum atomic E-state index is -0.585. The van der Waals surface area contributed by atoms with Crippen molar-refractivity contribution in [3.05, 3.63) is 52.3 Å². The molecule has 3 aromatic rings. The van der Waals surface area contributed by atoms with E-state index < -0.39 is 4.92 Å². The van der Waals surface area contributed by atoms with Crippen LogP contribution in [-0.4, -0.2) is 20.7 Å². The van der Waals surface area contributed by atoms with Crippen molar-refractivity contribution in [1.29, 1.82) is 0 Å². The average molecular weight is 284 g/mol. The molecular formula is C14H12N4O3. The van der Waals surface area contributed by atoms with Crippen LogP contribution in [0.4, 0.5) is 11.8 Å². The summed E-state index contributed by atoms with van der Waals surface area (Å²) >= 11 is 0. The van der Waals surface area contributed by atoms with Gasteiger partial charge in [-0.3, -0.25) is 10.1 Å². The molecule has 21 heavy (non-hydrogen) atoms. The molecule has 0 bridgehead atoms. The highest BCUT2D eigenvalue weighted by molar-refractivity contribution is 5.82. The molecule has 0 fully saturated rings. The summed E-state index contributed by atoms with van der Waals surface area (Å²) in [6.45, 7) is 2.73. The van der Waals surface area contributed by atoms with Crippen LogP contribution < -0.4 is 0 Å². The van der Waals surface area contributed by atoms with Crippen LogP contribution >= 0.6 is 0 Å². The number of furan rings is 1. The Morgan fingerprint density at radius 1 is 1.38 bits per heavy atom. The van der Waals surface area contributed by atoms with Gasteiger partial charge in [-0.25, -0.2) is 9.98 Å². The number of hydrogen-bond donors (Lipinski definition) is 0. The maximum absolute atomic E-state index is 10.6. The second kappa shape index (κ2) is 5.20. The number of nitro groups is 1. The standard InChI is InChI=1S/C14H12N4O3/c1-2-17-12-6-4-3-5-11(12)16-14(17)15-9-10-7-8-13(21-10)18(19)20/h3-9H,2H2,1H3/b15-9+. The Hall–Kier alpha value is -2.96. The number of imidazole rings is 1. The number of aromatic nitrogens is 2. The molecule has 0 amide bonds. The highest BCUT2D eigenvalue weighted by Crippen LogP contribution is 2.22. The third kappa shape index (κ3) is 2.40. The van der Waals surface area contributed by atoms with Gasteiger partial charge < -0.3 is 8.98 Å². The smallest absolute Gasteiger partial charge is 0.400 e. The lowest BCUT2D eigenvalue weighted by atomic mass is 10.3. The lowest BCUT2D eigenvalue weighted by Crippen LogP contribution is -1.93. The van der Waals surface area contributed by atoms with Crippen LogP contribution in [0, 0.1) is 10.1 Å². The van der Waals surface area contributed by atoms with Crippen LogP contribution in [0.2, 0.25) is 0 Å². The molecule has 0 atom stereocenters. The van der Waals surface area contributed by atoms with E-state index in [1.807, 2.05) is 35.8 Å². The summed E-state index contributed by atoms with van der Waals surface area (Å²) < 4.78 is 6.99. The van der Waals surface area contributed by atoms with Gasteiger partial charge in [-0.1, -0.05) is 12.1 Å². The van der Waals surface area contributed by atoms with E-state index in [9.17, 15) is 10.1 Å². The summed E-state index contributed by atoms with van der Waals surface area (Å²) in [5, 5.41) is 10.6. The van der Waals surface area contributed by atoms with Crippen LogP contribution in [0.25, 0.3) is 11.0 Å². The van der Waals surface area contributed by atoms with Crippen molar-refractivity contribution in [2.24, 2.45) is 4.99 Å². The summed E-state index contributed by atoms with van der Waals surface area (Å²) in [5.74, 6) is 0.551. The molecule has 7 nitrogen and oxygen atoms in total. The van der Waals surface area contributed by atoms with Crippen molar-refractivity contribution < 1.29 is 9.34 Å². The van der Waals surface area contributed by atoms with Crippen molar-refractivity contribution in [3.8, 4) is 0 Å². The van der Waals surface area contributed by atoms with Gasteiger partial charge in [-0.2, -0.15) is 0 Å². The SMILES string of the molecule is CCn1c(/N=C/c2ccc([N+](=O)[O-])o2)nc2ccccc21. The van der Waals surface area contributed by atoms with Gasteiger partial charge in [0.2, 0.25) is 5.95 Å². The van der Waals surface area contributed by atoms with Crippen molar-refractivity contribution in [2.45, 2.75) is 13.5 Å². The number of aliphatic imine (C=N–C) groups is 1. The molecule has 0 radical (unpaired) electrons. The Kier molecular flexibility index (Phi) is 3.23. The van der Waals surface area contributed by atoms with Crippen molar-refractivity contribution in [2.75, 3.05) is 0 Å². The third-order valence-electron chi connectivity index (χ3n) is 3.05.